The number of hydrogen-bond donors (Lipinski definition) is 5. The van der Waals surface area contributed by atoms with E-state index in [1.54, 1.807) is 32.6 Å². The number of amides is 8. The molecule has 0 aliphatic heterocycles. The van der Waals surface area contributed by atoms with Crippen LogP contribution < -0.4 is 26.6 Å². The second-order valence-corrected chi connectivity index (χ2v) is 13.9. The van der Waals surface area contributed by atoms with E-state index in [2.05, 4.69) is 59.5 Å². The van der Waals surface area contributed by atoms with Gasteiger partial charge in [0.15, 0.2) is 0 Å². The molecule has 2 rings (SSSR count). The highest BCUT2D eigenvalue weighted by Gasteiger charge is 2.22. The van der Waals surface area contributed by atoms with Crippen LogP contribution in [0.5, 0.6) is 0 Å². The Morgan fingerprint density at radius 3 is 1.28 bits per heavy atom. The number of rotatable bonds is 24. The minimum Gasteiger partial charge on any atom is -0.353 e. The molecule has 0 bridgehead atoms. The summed E-state index contributed by atoms with van der Waals surface area (Å²) in [6.45, 7) is 12.1. The first kappa shape index (κ1) is 48.3. The Hall–Kier alpha value is -5.80. The predicted octanol–water partition coefficient (Wildman–Crippen LogP) is 1.49. The third-order valence-corrected chi connectivity index (χ3v) is 9.38. The molecule has 0 atom stereocenters. The molecule has 0 spiro atoms. The molecule has 2 aromatic carbocycles. The first-order valence-corrected chi connectivity index (χ1v) is 20.0. The van der Waals surface area contributed by atoms with Crippen LogP contribution in [0.15, 0.2) is 36.4 Å². The van der Waals surface area contributed by atoms with Gasteiger partial charge in [0.1, 0.15) is 0 Å². The van der Waals surface area contributed by atoms with Crippen molar-refractivity contribution in [1.82, 2.24) is 41.3 Å². The quantitative estimate of drug-likeness (QED) is 0.105. The van der Waals surface area contributed by atoms with E-state index in [4.69, 9.17) is 0 Å². The molecule has 2 aromatic rings. The van der Waals surface area contributed by atoms with Gasteiger partial charge in [-0.25, -0.2) is 0 Å². The summed E-state index contributed by atoms with van der Waals surface area (Å²) in [7, 11) is 0. The highest BCUT2D eigenvalue weighted by molar-refractivity contribution is 5.87. The fourth-order valence-electron chi connectivity index (χ4n) is 6.06. The van der Waals surface area contributed by atoms with Crippen molar-refractivity contribution >= 4 is 47.3 Å². The number of aryl methyl sites for hydroxylation is 3. The van der Waals surface area contributed by atoms with Gasteiger partial charge in [0.2, 0.25) is 47.3 Å². The molecule has 0 aromatic heterocycles. The molecule has 5 N–H and O–H groups in total. The van der Waals surface area contributed by atoms with Crippen LogP contribution in [-0.4, -0.2) is 127 Å². The smallest absolute Gasteiger partial charge is 0.242 e. The van der Waals surface area contributed by atoms with Crippen LogP contribution in [0.2, 0.25) is 0 Å². The number of carbonyl (C=O) groups is 8. The zero-order valence-electron chi connectivity index (χ0n) is 35.2. The summed E-state index contributed by atoms with van der Waals surface area (Å²) in [4.78, 5) is 105. The molecule has 16 nitrogen and oxygen atoms in total. The SMILES string of the molecule is CCC(=O)NCC(=O)NCCN(CCN(CCN(Cc1ccc(-c2c(C)cc(C)cc2C)cc1)C(=O)CNC(=O)CC)C(=O)CNC(=O)CC)C(=O)CNC(=O)CC. The third-order valence-electron chi connectivity index (χ3n) is 9.38. The highest BCUT2D eigenvalue weighted by Crippen LogP contribution is 2.28. The molecule has 0 fully saturated rings. The van der Waals surface area contributed by atoms with Gasteiger partial charge in [0.25, 0.3) is 0 Å². The second-order valence-electron chi connectivity index (χ2n) is 13.9. The van der Waals surface area contributed by atoms with Gasteiger partial charge in [0, 0.05) is 71.5 Å². The Kier molecular flexibility index (Phi) is 21.2. The van der Waals surface area contributed by atoms with Gasteiger partial charge < -0.3 is 41.3 Å². The molecule has 0 aliphatic rings. The van der Waals surface area contributed by atoms with E-state index in [1.807, 2.05) is 24.3 Å². The minimum atomic E-state index is -0.454. The van der Waals surface area contributed by atoms with E-state index in [9.17, 15) is 38.4 Å². The van der Waals surface area contributed by atoms with Crippen molar-refractivity contribution in [2.75, 3.05) is 65.4 Å². The van der Waals surface area contributed by atoms with Gasteiger partial charge >= 0.3 is 0 Å². The van der Waals surface area contributed by atoms with Crippen molar-refractivity contribution < 1.29 is 38.4 Å². The van der Waals surface area contributed by atoms with Gasteiger partial charge in [0.05, 0.1) is 26.2 Å². The van der Waals surface area contributed by atoms with Crippen molar-refractivity contribution in [2.24, 2.45) is 0 Å². The number of nitrogens with zero attached hydrogens (tertiary/aromatic N) is 3. The molecule has 0 heterocycles. The maximum Gasteiger partial charge on any atom is 0.242 e. The van der Waals surface area contributed by atoms with Gasteiger partial charge in [-0.3, -0.25) is 38.4 Å². The molecule has 318 valence electrons. The summed E-state index contributed by atoms with van der Waals surface area (Å²) in [5, 5.41) is 12.9. The number of carbonyl (C=O) groups excluding carboxylic acids is 8. The van der Waals surface area contributed by atoms with E-state index >= 15 is 0 Å². The van der Waals surface area contributed by atoms with Crippen LogP contribution >= 0.6 is 0 Å². The molecule has 0 aliphatic carbocycles. The zero-order valence-corrected chi connectivity index (χ0v) is 35.2. The summed E-state index contributed by atoms with van der Waals surface area (Å²) < 4.78 is 0. The topological polar surface area (TPSA) is 206 Å². The van der Waals surface area contributed by atoms with Crippen molar-refractivity contribution in [2.45, 2.75) is 80.7 Å². The second kappa shape index (κ2) is 25.5. The fourth-order valence-corrected chi connectivity index (χ4v) is 6.06. The van der Waals surface area contributed by atoms with Crippen LogP contribution in [0.25, 0.3) is 11.1 Å². The average molecular weight is 807 g/mol. The van der Waals surface area contributed by atoms with Gasteiger partial charge in [-0.15, -0.1) is 0 Å². The first-order valence-electron chi connectivity index (χ1n) is 20.0. The van der Waals surface area contributed by atoms with E-state index < -0.39 is 17.7 Å². The predicted molar refractivity (Wildman–Crippen MR) is 221 cm³/mol. The normalized spacial score (nSPS) is 10.5. The Balaban J connectivity index is 2.33. The van der Waals surface area contributed by atoms with Gasteiger partial charge in [-0.1, -0.05) is 69.7 Å². The molecule has 0 unspecified atom stereocenters. The molecule has 0 saturated heterocycles. The Bertz CT molecular complexity index is 1720. The summed E-state index contributed by atoms with van der Waals surface area (Å²) in [5.41, 5.74) is 6.49. The van der Waals surface area contributed by atoms with E-state index in [0.717, 1.165) is 27.8 Å². The molecule has 0 saturated carbocycles. The lowest BCUT2D eigenvalue weighted by molar-refractivity contribution is -0.137. The van der Waals surface area contributed by atoms with E-state index in [0.29, 0.717) is 0 Å². The average Bonchev–Trinajstić information content (AvgIpc) is 3.21. The molecule has 8 amide bonds. The third kappa shape index (κ3) is 17.1. The van der Waals surface area contributed by atoms with Crippen LogP contribution in [0.4, 0.5) is 0 Å². The van der Waals surface area contributed by atoms with E-state index in [-0.39, 0.29) is 127 Å². The maximum absolute atomic E-state index is 13.6. The molecule has 0 radical (unpaired) electrons. The standard InChI is InChI=1S/C42H62N8O8/c1-8-34(51)44-24-38(55)43-16-17-48(39(56)25-45-35(52)9-2)18-19-49(40(57)26-46-36(53)10-3)20-21-50(41(58)27-47-37(54)11-4)28-32-12-14-33(15-13-32)42-30(6)22-29(5)23-31(42)7/h12-15,22-23H,8-11,16-21,24-28H2,1-7H3,(H,43,55)(H,44,51)(H,45,52)(H,46,53)(H,47,54). The summed E-state index contributed by atoms with van der Waals surface area (Å²) in [6.07, 6.45) is 0.764. The number of hydrogen-bond acceptors (Lipinski definition) is 8. The molecular weight excluding hydrogens is 745 g/mol. The summed E-state index contributed by atoms with van der Waals surface area (Å²) >= 11 is 0. The summed E-state index contributed by atoms with van der Waals surface area (Å²) in [5.74, 6) is -2.95. The van der Waals surface area contributed by atoms with Crippen molar-refractivity contribution in [1.29, 1.82) is 0 Å². The minimum absolute atomic E-state index is 0.00343. The fraction of sp³-hybridized carbons (Fsp3) is 0.524. The van der Waals surface area contributed by atoms with Crippen molar-refractivity contribution in [3.05, 3.63) is 58.7 Å². The molecule has 58 heavy (non-hydrogen) atoms. The number of benzene rings is 2. The largest absolute Gasteiger partial charge is 0.353 e. The lowest BCUT2D eigenvalue weighted by Crippen LogP contribution is -2.50. The lowest BCUT2D eigenvalue weighted by Gasteiger charge is -2.31. The van der Waals surface area contributed by atoms with Gasteiger partial charge in [-0.2, -0.15) is 0 Å². The number of nitrogens with one attached hydrogen (secondary N) is 5. The maximum atomic E-state index is 13.6. The van der Waals surface area contributed by atoms with Gasteiger partial charge in [-0.05, 0) is 48.6 Å². The molecule has 16 heteroatoms. The Morgan fingerprint density at radius 2 is 0.845 bits per heavy atom. The Morgan fingerprint density at radius 1 is 0.466 bits per heavy atom. The van der Waals surface area contributed by atoms with Crippen molar-refractivity contribution in [3.63, 3.8) is 0 Å². The van der Waals surface area contributed by atoms with Crippen LogP contribution in [0, 0.1) is 20.8 Å². The lowest BCUT2D eigenvalue weighted by atomic mass is 9.93. The molecular formula is C42H62N8O8. The first-order chi connectivity index (χ1) is 27.6. The summed E-state index contributed by atoms with van der Waals surface area (Å²) in [6, 6.07) is 12.2. The van der Waals surface area contributed by atoms with Crippen LogP contribution in [0.3, 0.4) is 0 Å². The highest BCUT2D eigenvalue weighted by atomic mass is 16.2. The van der Waals surface area contributed by atoms with E-state index in [1.165, 1.54) is 15.4 Å². The Labute approximate surface area is 342 Å². The van der Waals surface area contributed by atoms with Crippen LogP contribution in [-0.2, 0) is 44.9 Å². The van der Waals surface area contributed by atoms with Crippen LogP contribution in [0.1, 0.15) is 75.6 Å². The monoisotopic (exact) mass is 806 g/mol. The zero-order chi connectivity index (χ0) is 43.2. The van der Waals surface area contributed by atoms with Crippen molar-refractivity contribution in [3.8, 4) is 11.1 Å².